The molecular weight excluding hydrogens is 556 g/mol. The van der Waals surface area contributed by atoms with E-state index in [9.17, 15) is 0 Å². The van der Waals surface area contributed by atoms with Gasteiger partial charge in [0.25, 0.3) is 0 Å². The molecule has 0 aliphatic carbocycles. The first-order chi connectivity index (χ1) is 22.8. The Labute approximate surface area is 268 Å². The number of rotatable bonds is 5. The molecule has 0 aliphatic rings. The normalized spacial score (nSPS) is 11.5. The van der Waals surface area contributed by atoms with Gasteiger partial charge in [0, 0.05) is 33.5 Å². The highest BCUT2D eigenvalue weighted by Gasteiger charge is 2.20. The molecule has 0 radical (unpaired) electrons. The molecule has 216 valence electrons. The maximum Gasteiger partial charge on any atom is 0.0553 e. The Morgan fingerprint density at radius 1 is 0.370 bits per heavy atom. The zero-order valence-corrected chi connectivity index (χ0v) is 25.2. The Hall–Kier alpha value is -6.12. The lowest BCUT2D eigenvalue weighted by atomic mass is 9.93. The van der Waals surface area contributed by atoms with Crippen molar-refractivity contribution in [2.24, 2.45) is 0 Å². The van der Waals surface area contributed by atoms with Crippen LogP contribution in [0.3, 0.4) is 0 Å². The summed E-state index contributed by atoms with van der Waals surface area (Å²) in [5.41, 5.74) is 9.40. The van der Waals surface area contributed by atoms with Crippen LogP contribution in [0.2, 0.25) is 0 Å². The van der Waals surface area contributed by atoms with Crippen molar-refractivity contribution in [2.75, 3.05) is 4.90 Å². The minimum absolute atomic E-state index is 1.12. The summed E-state index contributed by atoms with van der Waals surface area (Å²) in [7, 11) is 0. The Kier molecular flexibility index (Phi) is 6.17. The Balaban J connectivity index is 1.34. The first kappa shape index (κ1) is 26.3. The molecule has 0 N–H and O–H groups in total. The van der Waals surface area contributed by atoms with Crippen molar-refractivity contribution in [3.05, 3.63) is 182 Å². The molecule has 0 saturated carbocycles. The monoisotopic (exact) mass is 586 g/mol. The van der Waals surface area contributed by atoms with E-state index in [0.717, 1.165) is 22.7 Å². The molecule has 9 aromatic rings. The van der Waals surface area contributed by atoms with Crippen LogP contribution in [0.15, 0.2) is 182 Å². The highest BCUT2D eigenvalue weighted by Crippen LogP contribution is 2.45. The minimum Gasteiger partial charge on any atom is -0.310 e. The van der Waals surface area contributed by atoms with Crippen molar-refractivity contribution >= 4 is 60.4 Å². The van der Waals surface area contributed by atoms with Gasteiger partial charge in [-0.05, 0) is 93.3 Å². The SMILES string of the molecule is c1ccc(N(c2cccc(-c3c4ccccc4cc4c3c3ccccc3n4-c3ccccc3)c2)c2ccc3ccccc3c2)cc1. The van der Waals surface area contributed by atoms with Gasteiger partial charge in [0.05, 0.1) is 11.0 Å². The van der Waals surface area contributed by atoms with Crippen LogP contribution in [0.1, 0.15) is 0 Å². The van der Waals surface area contributed by atoms with Gasteiger partial charge >= 0.3 is 0 Å². The quantitative estimate of drug-likeness (QED) is 0.195. The van der Waals surface area contributed by atoms with E-state index in [4.69, 9.17) is 0 Å². The number of hydrogen-bond acceptors (Lipinski definition) is 1. The predicted molar refractivity (Wildman–Crippen MR) is 196 cm³/mol. The van der Waals surface area contributed by atoms with Crippen molar-refractivity contribution < 1.29 is 0 Å². The topological polar surface area (TPSA) is 8.17 Å². The molecule has 1 heterocycles. The molecule has 0 bridgehead atoms. The van der Waals surface area contributed by atoms with E-state index in [0.29, 0.717) is 0 Å². The molecule has 8 aromatic carbocycles. The fourth-order valence-corrected chi connectivity index (χ4v) is 7.09. The number of aromatic nitrogens is 1. The number of nitrogens with zero attached hydrogens (tertiary/aromatic N) is 2. The van der Waals surface area contributed by atoms with Crippen molar-refractivity contribution in [3.63, 3.8) is 0 Å². The van der Waals surface area contributed by atoms with Crippen molar-refractivity contribution in [1.82, 2.24) is 4.57 Å². The highest BCUT2D eigenvalue weighted by atomic mass is 15.1. The van der Waals surface area contributed by atoms with Crippen LogP contribution >= 0.6 is 0 Å². The third-order valence-electron chi connectivity index (χ3n) is 9.10. The molecule has 0 saturated heterocycles. The summed E-state index contributed by atoms with van der Waals surface area (Å²) in [6, 6.07) is 65.7. The van der Waals surface area contributed by atoms with Gasteiger partial charge in [-0.2, -0.15) is 0 Å². The number of anilines is 3. The second-order valence-electron chi connectivity index (χ2n) is 11.8. The van der Waals surface area contributed by atoms with Crippen LogP contribution in [0.5, 0.6) is 0 Å². The summed E-state index contributed by atoms with van der Waals surface area (Å²) in [5.74, 6) is 0. The summed E-state index contributed by atoms with van der Waals surface area (Å²) in [6.45, 7) is 0. The predicted octanol–water partition coefficient (Wildman–Crippen LogP) is 12.2. The van der Waals surface area contributed by atoms with Crippen LogP contribution in [0, 0.1) is 0 Å². The molecule has 0 atom stereocenters. The Morgan fingerprint density at radius 3 is 1.83 bits per heavy atom. The van der Waals surface area contributed by atoms with Gasteiger partial charge in [0.1, 0.15) is 0 Å². The van der Waals surface area contributed by atoms with Crippen LogP contribution in [-0.4, -0.2) is 4.57 Å². The highest BCUT2D eigenvalue weighted by molar-refractivity contribution is 6.23. The number of hydrogen-bond donors (Lipinski definition) is 0. The van der Waals surface area contributed by atoms with Crippen LogP contribution in [0.4, 0.5) is 17.1 Å². The molecule has 0 aliphatic heterocycles. The molecule has 2 heteroatoms. The molecule has 2 nitrogen and oxygen atoms in total. The van der Waals surface area contributed by atoms with Crippen molar-refractivity contribution in [3.8, 4) is 16.8 Å². The summed E-state index contributed by atoms with van der Waals surface area (Å²) >= 11 is 0. The lowest BCUT2D eigenvalue weighted by Gasteiger charge is -2.26. The van der Waals surface area contributed by atoms with Crippen molar-refractivity contribution in [1.29, 1.82) is 0 Å². The zero-order chi connectivity index (χ0) is 30.5. The maximum atomic E-state index is 2.41. The third-order valence-corrected chi connectivity index (χ3v) is 9.10. The Morgan fingerprint density at radius 2 is 1.00 bits per heavy atom. The molecular formula is C44H30N2. The van der Waals surface area contributed by atoms with E-state index in [1.807, 2.05) is 0 Å². The fraction of sp³-hybridized carbons (Fsp3) is 0. The average molecular weight is 587 g/mol. The molecule has 9 rings (SSSR count). The first-order valence-electron chi connectivity index (χ1n) is 15.8. The van der Waals surface area contributed by atoms with Crippen LogP contribution < -0.4 is 4.90 Å². The van der Waals surface area contributed by atoms with Crippen LogP contribution in [0.25, 0.3) is 60.2 Å². The van der Waals surface area contributed by atoms with Gasteiger partial charge in [-0.15, -0.1) is 0 Å². The third kappa shape index (κ3) is 4.27. The summed E-state index contributed by atoms with van der Waals surface area (Å²) < 4.78 is 2.41. The number of fused-ring (bicyclic) bond motifs is 5. The molecule has 0 amide bonds. The average Bonchev–Trinajstić information content (AvgIpc) is 3.45. The summed E-state index contributed by atoms with van der Waals surface area (Å²) in [6.07, 6.45) is 0. The lowest BCUT2D eigenvalue weighted by Crippen LogP contribution is -2.09. The minimum atomic E-state index is 1.12. The standard InChI is InChI=1S/C44H30N2/c1-3-18-35(19-4-1)45(38-27-26-31-14-7-8-15-32(31)28-38)37-22-13-17-34(29-37)43-39-23-10-9-16-33(39)30-42-44(43)40-24-11-12-25-41(40)46(42)36-20-5-2-6-21-36/h1-30H. The maximum absolute atomic E-state index is 2.41. The van der Waals surface area contributed by atoms with Crippen molar-refractivity contribution in [2.45, 2.75) is 0 Å². The lowest BCUT2D eigenvalue weighted by molar-refractivity contribution is 1.18. The molecule has 0 fully saturated rings. The van der Waals surface area contributed by atoms with Gasteiger partial charge in [-0.3, -0.25) is 0 Å². The Bertz CT molecular complexity index is 2530. The van der Waals surface area contributed by atoms with E-state index < -0.39 is 0 Å². The van der Waals surface area contributed by atoms with Gasteiger partial charge in [-0.25, -0.2) is 0 Å². The number of para-hydroxylation sites is 3. The molecule has 46 heavy (non-hydrogen) atoms. The van der Waals surface area contributed by atoms with E-state index in [2.05, 4.69) is 191 Å². The zero-order valence-electron chi connectivity index (χ0n) is 25.2. The van der Waals surface area contributed by atoms with E-state index in [1.165, 1.54) is 54.5 Å². The fourth-order valence-electron chi connectivity index (χ4n) is 7.09. The largest absolute Gasteiger partial charge is 0.310 e. The smallest absolute Gasteiger partial charge is 0.0553 e. The van der Waals surface area contributed by atoms with Crippen LogP contribution in [-0.2, 0) is 0 Å². The molecule has 0 spiro atoms. The van der Waals surface area contributed by atoms with Gasteiger partial charge in [0.2, 0.25) is 0 Å². The second kappa shape index (κ2) is 10.8. The van der Waals surface area contributed by atoms with Gasteiger partial charge < -0.3 is 9.47 Å². The van der Waals surface area contributed by atoms with E-state index in [-0.39, 0.29) is 0 Å². The van der Waals surface area contributed by atoms with Gasteiger partial charge in [-0.1, -0.05) is 121 Å². The second-order valence-corrected chi connectivity index (χ2v) is 11.8. The molecule has 0 unspecified atom stereocenters. The van der Waals surface area contributed by atoms with Gasteiger partial charge in [0.15, 0.2) is 0 Å². The number of benzene rings is 8. The summed E-state index contributed by atoms with van der Waals surface area (Å²) in [5, 5.41) is 7.46. The molecule has 1 aromatic heterocycles. The summed E-state index contributed by atoms with van der Waals surface area (Å²) in [4.78, 5) is 2.37. The van der Waals surface area contributed by atoms with E-state index in [1.54, 1.807) is 0 Å². The van der Waals surface area contributed by atoms with E-state index >= 15 is 0 Å². The first-order valence-corrected chi connectivity index (χ1v) is 15.8.